The van der Waals surface area contributed by atoms with Crippen LogP contribution in [0.3, 0.4) is 0 Å². The third-order valence-electron chi connectivity index (χ3n) is 5.23. The summed E-state index contributed by atoms with van der Waals surface area (Å²) in [5, 5.41) is 14.5. The summed E-state index contributed by atoms with van der Waals surface area (Å²) in [6.07, 6.45) is 6.67. The van der Waals surface area contributed by atoms with Crippen molar-refractivity contribution in [2.24, 2.45) is 0 Å². The number of amides is 1. The molecule has 5 rings (SSSR count). The van der Waals surface area contributed by atoms with Crippen molar-refractivity contribution < 1.29 is 4.79 Å². The number of nitrogens with zero attached hydrogens (tertiary/aromatic N) is 6. The molecule has 0 unspecified atom stereocenters. The summed E-state index contributed by atoms with van der Waals surface area (Å²) in [6.45, 7) is 1.87. The van der Waals surface area contributed by atoms with E-state index in [2.05, 4.69) is 30.6 Å². The Morgan fingerprint density at radius 3 is 2.79 bits per heavy atom. The lowest BCUT2D eigenvalue weighted by molar-refractivity contribution is 0.0934. The monoisotopic (exact) mass is 482 g/mol. The summed E-state index contributed by atoms with van der Waals surface area (Å²) >= 11 is 12.7. The van der Waals surface area contributed by atoms with Gasteiger partial charge >= 0.3 is 0 Å². The lowest BCUT2D eigenvalue weighted by Gasteiger charge is -2.21. The molecule has 4 heterocycles. The SMILES string of the molecule is CC[C@H](NC(=O)c1cnn2cccnc12)c1nc2c(Cl)ccc(Cl)c2c(=O)n1-c1ccn[nH]1. The van der Waals surface area contributed by atoms with E-state index in [1.165, 1.54) is 21.5 Å². The normalized spacial score (nSPS) is 12.3. The van der Waals surface area contributed by atoms with Crippen molar-refractivity contribution in [3.63, 3.8) is 0 Å². The van der Waals surface area contributed by atoms with Gasteiger partial charge in [-0.25, -0.2) is 19.1 Å². The summed E-state index contributed by atoms with van der Waals surface area (Å²) in [7, 11) is 0. The first-order valence-electron chi connectivity index (χ1n) is 9.99. The minimum absolute atomic E-state index is 0.176. The number of hydrogen-bond donors (Lipinski definition) is 2. The number of H-pyrrole nitrogens is 1. The summed E-state index contributed by atoms with van der Waals surface area (Å²) in [5.41, 5.74) is 0.533. The molecule has 0 fully saturated rings. The van der Waals surface area contributed by atoms with E-state index in [0.29, 0.717) is 23.4 Å². The number of carbonyl (C=O) groups excluding carboxylic acids is 1. The summed E-state index contributed by atoms with van der Waals surface area (Å²) in [5.74, 6) is 0.255. The van der Waals surface area contributed by atoms with E-state index in [1.807, 2.05) is 6.92 Å². The van der Waals surface area contributed by atoms with Gasteiger partial charge in [-0.05, 0) is 24.6 Å². The van der Waals surface area contributed by atoms with Gasteiger partial charge < -0.3 is 5.32 Å². The average molecular weight is 483 g/mol. The lowest BCUT2D eigenvalue weighted by Crippen LogP contribution is -2.34. The predicted molar refractivity (Wildman–Crippen MR) is 123 cm³/mol. The molecule has 0 radical (unpaired) electrons. The van der Waals surface area contributed by atoms with Crippen LogP contribution in [0.25, 0.3) is 22.4 Å². The van der Waals surface area contributed by atoms with Crippen LogP contribution < -0.4 is 10.9 Å². The van der Waals surface area contributed by atoms with E-state index in [-0.39, 0.29) is 26.8 Å². The first kappa shape index (κ1) is 21.1. The highest BCUT2D eigenvalue weighted by Crippen LogP contribution is 2.28. The summed E-state index contributed by atoms with van der Waals surface area (Å²) in [6, 6.07) is 5.82. The van der Waals surface area contributed by atoms with Crippen LogP contribution in [0.15, 0.2) is 53.8 Å². The first-order chi connectivity index (χ1) is 16.0. The highest BCUT2D eigenvalue weighted by molar-refractivity contribution is 6.39. The van der Waals surface area contributed by atoms with Crippen molar-refractivity contribution in [2.75, 3.05) is 0 Å². The molecule has 10 nitrogen and oxygen atoms in total. The minimum atomic E-state index is -0.647. The molecule has 0 aliphatic carbocycles. The average Bonchev–Trinajstić information content (AvgIpc) is 3.49. The smallest absolute Gasteiger partial charge is 0.268 e. The predicted octanol–water partition coefficient (Wildman–Crippen LogP) is 3.34. The van der Waals surface area contributed by atoms with E-state index < -0.39 is 17.5 Å². The molecular formula is C21H16Cl2N8O2. The van der Waals surface area contributed by atoms with E-state index in [4.69, 9.17) is 23.2 Å². The van der Waals surface area contributed by atoms with Crippen molar-refractivity contribution in [2.45, 2.75) is 19.4 Å². The molecule has 2 N–H and O–H groups in total. The molecule has 1 aromatic carbocycles. The van der Waals surface area contributed by atoms with E-state index in [1.54, 1.807) is 36.7 Å². The largest absolute Gasteiger partial charge is 0.342 e. The van der Waals surface area contributed by atoms with Crippen molar-refractivity contribution in [1.82, 2.24) is 39.7 Å². The fourth-order valence-corrected chi connectivity index (χ4v) is 4.08. The van der Waals surface area contributed by atoms with Crippen LogP contribution >= 0.6 is 23.2 Å². The zero-order chi connectivity index (χ0) is 23.1. The summed E-state index contributed by atoms with van der Waals surface area (Å²) < 4.78 is 2.85. The number of aromatic nitrogens is 7. The molecule has 12 heteroatoms. The third kappa shape index (κ3) is 3.53. The minimum Gasteiger partial charge on any atom is -0.342 e. The number of carbonyl (C=O) groups is 1. The molecule has 1 amide bonds. The Labute approximate surface area is 196 Å². The molecule has 0 aliphatic rings. The van der Waals surface area contributed by atoms with Gasteiger partial charge in [-0.2, -0.15) is 10.2 Å². The molecular weight excluding hydrogens is 467 g/mol. The maximum atomic E-state index is 13.5. The fourth-order valence-electron chi connectivity index (χ4n) is 3.65. The van der Waals surface area contributed by atoms with Crippen LogP contribution in [0.4, 0.5) is 0 Å². The number of fused-ring (bicyclic) bond motifs is 2. The molecule has 4 aromatic heterocycles. The standard InChI is InChI=1S/C21H16Cl2N8O2/c1-2-14(27-20(32)11-10-26-30-9-3-7-24-18(11)30)19-28-17-13(23)5-4-12(22)16(17)21(33)31(19)15-6-8-25-29-15/h3-10,14H,2H2,1H3,(H,25,29)(H,27,32)/t14-/m0/s1. The molecule has 0 bridgehead atoms. The number of hydrogen-bond acceptors (Lipinski definition) is 6. The third-order valence-corrected chi connectivity index (χ3v) is 5.85. The number of benzene rings is 1. The zero-order valence-electron chi connectivity index (χ0n) is 17.2. The highest BCUT2D eigenvalue weighted by Gasteiger charge is 2.25. The second-order valence-electron chi connectivity index (χ2n) is 7.19. The van der Waals surface area contributed by atoms with Crippen molar-refractivity contribution in [3.8, 4) is 5.82 Å². The topological polar surface area (TPSA) is 123 Å². The fraction of sp³-hybridized carbons (Fsp3) is 0.143. The number of aromatic amines is 1. The van der Waals surface area contributed by atoms with Crippen LogP contribution in [0.2, 0.25) is 10.0 Å². The first-order valence-corrected chi connectivity index (χ1v) is 10.7. The molecule has 0 saturated heterocycles. The molecule has 166 valence electrons. The number of rotatable bonds is 5. The maximum absolute atomic E-state index is 13.5. The van der Waals surface area contributed by atoms with Crippen LogP contribution in [0.1, 0.15) is 35.6 Å². The van der Waals surface area contributed by atoms with Gasteiger partial charge in [0.25, 0.3) is 11.5 Å². The van der Waals surface area contributed by atoms with Crippen LogP contribution in [0, 0.1) is 0 Å². The van der Waals surface area contributed by atoms with Gasteiger partial charge in [0.2, 0.25) is 0 Å². The van der Waals surface area contributed by atoms with Gasteiger partial charge in [0.15, 0.2) is 5.65 Å². The van der Waals surface area contributed by atoms with Crippen LogP contribution in [-0.4, -0.2) is 40.3 Å². The van der Waals surface area contributed by atoms with Gasteiger partial charge in [0.1, 0.15) is 17.2 Å². The van der Waals surface area contributed by atoms with E-state index in [9.17, 15) is 9.59 Å². The quantitative estimate of drug-likeness (QED) is 0.395. The Morgan fingerprint density at radius 2 is 2.03 bits per heavy atom. The van der Waals surface area contributed by atoms with Crippen LogP contribution in [0.5, 0.6) is 0 Å². The molecule has 5 aromatic rings. The lowest BCUT2D eigenvalue weighted by atomic mass is 10.1. The molecule has 0 saturated carbocycles. The molecule has 1 atom stereocenters. The highest BCUT2D eigenvalue weighted by atomic mass is 35.5. The zero-order valence-corrected chi connectivity index (χ0v) is 18.7. The Hall–Kier alpha value is -3.76. The van der Waals surface area contributed by atoms with Gasteiger partial charge in [-0.15, -0.1) is 0 Å². The second-order valence-corrected chi connectivity index (χ2v) is 8.00. The van der Waals surface area contributed by atoms with E-state index >= 15 is 0 Å². The molecule has 0 aliphatic heterocycles. The number of halogens is 2. The van der Waals surface area contributed by atoms with Gasteiger partial charge in [-0.1, -0.05) is 30.1 Å². The molecule has 0 spiro atoms. The second kappa shape index (κ2) is 8.30. The van der Waals surface area contributed by atoms with Gasteiger partial charge in [-0.3, -0.25) is 14.7 Å². The van der Waals surface area contributed by atoms with Crippen molar-refractivity contribution in [1.29, 1.82) is 0 Å². The van der Waals surface area contributed by atoms with E-state index in [0.717, 1.165) is 0 Å². The van der Waals surface area contributed by atoms with Crippen molar-refractivity contribution in [3.05, 3.63) is 80.8 Å². The summed E-state index contributed by atoms with van der Waals surface area (Å²) in [4.78, 5) is 35.6. The number of nitrogens with one attached hydrogen (secondary N) is 2. The Kier molecular flexibility index (Phi) is 5.31. The van der Waals surface area contributed by atoms with Crippen molar-refractivity contribution >= 4 is 45.7 Å². The van der Waals surface area contributed by atoms with Gasteiger partial charge in [0.05, 0.1) is 39.4 Å². The Balaban J connectivity index is 1.67. The molecule has 33 heavy (non-hydrogen) atoms. The van der Waals surface area contributed by atoms with Gasteiger partial charge in [0, 0.05) is 18.5 Å². The Morgan fingerprint density at radius 1 is 1.21 bits per heavy atom. The maximum Gasteiger partial charge on any atom is 0.268 e. The van der Waals surface area contributed by atoms with Crippen LogP contribution in [-0.2, 0) is 0 Å². The Bertz CT molecular complexity index is 1560.